The molecule has 0 radical (unpaired) electrons. The molecule has 0 fully saturated rings. The van der Waals surface area contributed by atoms with Crippen LogP contribution in [0.25, 0.3) is 10.9 Å². The van der Waals surface area contributed by atoms with Gasteiger partial charge in [-0.25, -0.2) is 0 Å². The van der Waals surface area contributed by atoms with Crippen molar-refractivity contribution in [1.82, 2.24) is 4.98 Å². The minimum atomic E-state index is -0.438. The summed E-state index contributed by atoms with van der Waals surface area (Å²) < 4.78 is 5.37. The first-order valence-corrected chi connectivity index (χ1v) is 7.90. The number of fused-ring (bicyclic) bond motifs is 3. The summed E-state index contributed by atoms with van der Waals surface area (Å²) in [6.45, 7) is 0. The summed E-state index contributed by atoms with van der Waals surface area (Å²) >= 11 is 0. The molecule has 1 N–H and O–H groups in total. The summed E-state index contributed by atoms with van der Waals surface area (Å²) in [5.74, 6) is 0.854. The van der Waals surface area contributed by atoms with Gasteiger partial charge in [-0.3, -0.25) is 0 Å². The van der Waals surface area contributed by atoms with Gasteiger partial charge >= 0.3 is 0 Å². The van der Waals surface area contributed by atoms with E-state index >= 15 is 0 Å². The molecule has 0 spiro atoms. The number of hydrogen-bond acceptors (Lipinski definition) is 2. The van der Waals surface area contributed by atoms with Crippen LogP contribution in [0.4, 0.5) is 0 Å². The van der Waals surface area contributed by atoms with Gasteiger partial charge in [0.1, 0.15) is 5.75 Å². The molecular formula is C20H18N2O. The maximum absolute atomic E-state index is 9.95. The van der Waals surface area contributed by atoms with Crippen molar-refractivity contribution in [3.05, 3.63) is 65.4 Å². The zero-order valence-corrected chi connectivity index (χ0v) is 13.1. The molecule has 114 valence electrons. The molecular weight excluding hydrogens is 284 g/mol. The Bertz CT molecular complexity index is 905. The van der Waals surface area contributed by atoms with Crippen LogP contribution in [0.5, 0.6) is 5.75 Å². The fraction of sp³-hybridized carbons (Fsp3) is 0.250. The van der Waals surface area contributed by atoms with Crippen molar-refractivity contribution in [2.45, 2.75) is 24.7 Å². The average Bonchev–Trinajstić information content (AvgIpc) is 2.99. The Morgan fingerprint density at radius 1 is 1.17 bits per heavy atom. The van der Waals surface area contributed by atoms with Gasteiger partial charge in [0.2, 0.25) is 0 Å². The SMILES string of the molecule is COc1ccc2[nH]c3c(c2c1)CC(C#N)(c1ccccc1)CC3. The molecule has 1 unspecified atom stereocenters. The van der Waals surface area contributed by atoms with E-state index in [9.17, 15) is 5.26 Å². The van der Waals surface area contributed by atoms with Crippen LogP contribution in [0.3, 0.4) is 0 Å². The summed E-state index contributed by atoms with van der Waals surface area (Å²) in [6.07, 6.45) is 2.50. The molecule has 1 aromatic heterocycles. The lowest BCUT2D eigenvalue weighted by Crippen LogP contribution is -2.31. The number of hydrogen-bond donors (Lipinski definition) is 1. The first kappa shape index (κ1) is 13.9. The van der Waals surface area contributed by atoms with Gasteiger partial charge in [0.15, 0.2) is 0 Å². The molecule has 0 bridgehead atoms. The molecule has 3 nitrogen and oxygen atoms in total. The third kappa shape index (κ3) is 2.10. The number of methoxy groups -OCH3 is 1. The molecule has 0 amide bonds. The highest BCUT2D eigenvalue weighted by Gasteiger charge is 2.37. The lowest BCUT2D eigenvalue weighted by Gasteiger charge is -2.31. The number of nitriles is 1. The van der Waals surface area contributed by atoms with Gasteiger partial charge in [-0.2, -0.15) is 5.26 Å². The van der Waals surface area contributed by atoms with Gasteiger partial charge in [-0.15, -0.1) is 0 Å². The van der Waals surface area contributed by atoms with Crippen LogP contribution < -0.4 is 4.74 Å². The fourth-order valence-electron chi connectivity index (χ4n) is 3.72. The third-order valence-electron chi connectivity index (χ3n) is 5.02. The van der Waals surface area contributed by atoms with Crippen molar-refractivity contribution in [1.29, 1.82) is 5.26 Å². The standard InChI is InChI=1S/C20H18N2O/c1-23-15-7-8-18-16(11-15)17-12-20(13-21,10-9-19(17)22-18)14-5-3-2-4-6-14/h2-8,11,22H,9-10,12H2,1H3. The molecule has 3 heteroatoms. The average molecular weight is 302 g/mol. The van der Waals surface area contributed by atoms with E-state index < -0.39 is 5.41 Å². The molecule has 0 saturated heterocycles. The van der Waals surface area contributed by atoms with Crippen LogP contribution in [0.1, 0.15) is 23.2 Å². The monoisotopic (exact) mass is 302 g/mol. The molecule has 0 saturated carbocycles. The maximum atomic E-state index is 9.95. The van der Waals surface area contributed by atoms with Crippen LogP contribution >= 0.6 is 0 Å². The minimum Gasteiger partial charge on any atom is -0.497 e. The number of aromatic amines is 1. The van der Waals surface area contributed by atoms with E-state index in [1.54, 1.807) is 7.11 Å². The Kier molecular flexibility index (Phi) is 3.12. The van der Waals surface area contributed by atoms with E-state index in [1.165, 1.54) is 16.6 Å². The molecule has 1 heterocycles. The van der Waals surface area contributed by atoms with Crippen LogP contribution in [-0.4, -0.2) is 12.1 Å². The summed E-state index contributed by atoms with van der Waals surface area (Å²) in [7, 11) is 1.68. The molecule has 23 heavy (non-hydrogen) atoms. The Morgan fingerprint density at radius 2 is 2.00 bits per heavy atom. The van der Waals surface area contributed by atoms with Gasteiger partial charge in [-0.05, 0) is 48.6 Å². The van der Waals surface area contributed by atoms with E-state index in [0.29, 0.717) is 0 Å². The Morgan fingerprint density at radius 3 is 2.74 bits per heavy atom. The molecule has 0 aliphatic heterocycles. The quantitative estimate of drug-likeness (QED) is 0.774. The molecule has 4 rings (SSSR count). The van der Waals surface area contributed by atoms with Crippen LogP contribution in [0.2, 0.25) is 0 Å². The van der Waals surface area contributed by atoms with Crippen LogP contribution in [0.15, 0.2) is 48.5 Å². The van der Waals surface area contributed by atoms with Gasteiger partial charge in [-0.1, -0.05) is 30.3 Å². The lowest BCUT2D eigenvalue weighted by molar-refractivity contribution is 0.415. The number of aromatic nitrogens is 1. The van der Waals surface area contributed by atoms with Crippen molar-refractivity contribution in [2.24, 2.45) is 0 Å². The number of nitrogens with one attached hydrogen (secondary N) is 1. The molecule has 1 aliphatic carbocycles. The van der Waals surface area contributed by atoms with Crippen molar-refractivity contribution in [3.8, 4) is 11.8 Å². The van der Waals surface area contributed by atoms with Crippen LogP contribution in [-0.2, 0) is 18.3 Å². The third-order valence-corrected chi connectivity index (χ3v) is 5.02. The van der Waals surface area contributed by atoms with Gasteiger partial charge < -0.3 is 9.72 Å². The van der Waals surface area contributed by atoms with Gasteiger partial charge in [0, 0.05) is 16.6 Å². The lowest BCUT2D eigenvalue weighted by atomic mass is 9.69. The largest absolute Gasteiger partial charge is 0.497 e. The second kappa shape index (κ2) is 5.17. The van der Waals surface area contributed by atoms with E-state index in [4.69, 9.17) is 4.74 Å². The van der Waals surface area contributed by atoms with Crippen molar-refractivity contribution >= 4 is 10.9 Å². The molecule has 2 aromatic carbocycles. The van der Waals surface area contributed by atoms with E-state index in [0.717, 1.165) is 36.1 Å². The molecule has 1 aliphatic rings. The summed E-state index contributed by atoms with van der Waals surface area (Å²) in [6, 6.07) is 18.9. The summed E-state index contributed by atoms with van der Waals surface area (Å²) in [4.78, 5) is 3.52. The number of aryl methyl sites for hydroxylation is 1. The number of H-pyrrole nitrogens is 1. The van der Waals surface area contributed by atoms with Crippen molar-refractivity contribution in [3.63, 3.8) is 0 Å². The fourth-order valence-corrected chi connectivity index (χ4v) is 3.72. The topological polar surface area (TPSA) is 48.8 Å². The molecule has 3 aromatic rings. The van der Waals surface area contributed by atoms with Crippen LogP contribution in [0, 0.1) is 11.3 Å². The predicted molar refractivity (Wildman–Crippen MR) is 90.6 cm³/mol. The van der Waals surface area contributed by atoms with Crippen molar-refractivity contribution in [2.75, 3.05) is 7.11 Å². The number of benzene rings is 2. The zero-order valence-electron chi connectivity index (χ0n) is 13.1. The highest BCUT2D eigenvalue weighted by Crippen LogP contribution is 2.41. The van der Waals surface area contributed by atoms with Gasteiger partial charge in [0.05, 0.1) is 18.6 Å². The summed E-state index contributed by atoms with van der Waals surface area (Å²) in [5, 5.41) is 11.1. The first-order chi connectivity index (χ1) is 11.3. The second-order valence-corrected chi connectivity index (χ2v) is 6.23. The number of ether oxygens (including phenoxy) is 1. The Labute approximate surface area is 135 Å². The number of rotatable bonds is 2. The second-order valence-electron chi connectivity index (χ2n) is 6.23. The Balaban J connectivity index is 1.86. The molecule has 1 atom stereocenters. The highest BCUT2D eigenvalue weighted by atomic mass is 16.5. The smallest absolute Gasteiger partial charge is 0.119 e. The van der Waals surface area contributed by atoms with E-state index in [1.807, 2.05) is 24.3 Å². The van der Waals surface area contributed by atoms with E-state index in [2.05, 4.69) is 35.3 Å². The first-order valence-electron chi connectivity index (χ1n) is 7.90. The van der Waals surface area contributed by atoms with Crippen molar-refractivity contribution < 1.29 is 4.74 Å². The van der Waals surface area contributed by atoms with Gasteiger partial charge in [0.25, 0.3) is 0 Å². The Hall–Kier alpha value is -2.73. The highest BCUT2D eigenvalue weighted by molar-refractivity contribution is 5.86. The minimum absolute atomic E-state index is 0.438. The normalized spacial score (nSPS) is 20.0. The number of nitrogens with zero attached hydrogens (tertiary/aromatic N) is 1. The van der Waals surface area contributed by atoms with E-state index in [-0.39, 0.29) is 0 Å². The maximum Gasteiger partial charge on any atom is 0.119 e. The zero-order chi connectivity index (χ0) is 15.9. The summed E-state index contributed by atoms with van der Waals surface area (Å²) in [5.41, 5.74) is 4.32. The predicted octanol–water partition coefficient (Wildman–Crippen LogP) is 4.13.